The number of nitro groups is 1. The lowest BCUT2D eigenvalue weighted by Gasteiger charge is -2.02. The van der Waals surface area contributed by atoms with Gasteiger partial charge in [-0.15, -0.1) is 0 Å². The summed E-state index contributed by atoms with van der Waals surface area (Å²) in [5.41, 5.74) is 4.49. The van der Waals surface area contributed by atoms with Crippen molar-refractivity contribution >= 4 is 35.5 Å². The average molecular weight is 344 g/mol. The molecule has 6 nitrogen and oxygen atoms in total. The lowest BCUT2D eigenvalue weighted by molar-refractivity contribution is -0.384. The van der Waals surface area contributed by atoms with Crippen LogP contribution in [-0.2, 0) is 0 Å². The number of hydrazone groups is 1. The zero-order chi connectivity index (χ0) is 17.5. The molecule has 0 bridgehead atoms. The maximum absolute atomic E-state index is 11.9. The van der Waals surface area contributed by atoms with Gasteiger partial charge in [-0.1, -0.05) is 23.7 Å². The highest BCUT2D eigenvalue weighted by Crippen LogP contribution is 2.17. The summed E-state index contributed by atoms with van der Waals surface area (Å²) in [6, 6.07) is 11.2. The summed E-state index contributed by atoms with van der Waals surface area (Å²) in [7, 11) is 0. The van der Waals surface area contributed by atoms with Crippen molar-refractivity contribution in [2.24, 2.45) is 5.10 Å². The Morgan fingerprint density at radius 2 is 1.96 bits per heavy atom. The molecule has 0 aromatic heterocycles. The van der Waals surface area contributed by atoms with E-state index in [0.29, 0.717) is 10.6 Å². The van der Waals surface area contributed by atoms with Gasteiger partial charge in [0.15, 0.2) is 0 Å². The summed E-state index contributed by atoms with van der Waals surface area (Å²) in [6.07, 6.45) is 4.72. The van der Waals surface area contributed by atoms with E-state index in [0.717, 1.165) is 11.1 Å². The van der Waals surface area contributed by atoms with Gasteiger partial charge in [0.05, 0.1) is 15.5 Å². The molecule has 122 valence electrons. The number of carbonyl (C=O) groups excluding carboxylic acids is 1. The number of nitrogens with one attached hydrogen (secondary N) is 1. The SMILES string of the molecule is Cc1ccc(C(=O)N/N=C/C=C/c2ccc([N+](=O)[O-])cc2)c(Cl)c1. The van der Waals surface area contributed by atoms with Crippen molar-refractivity contribution in [1.82, 2.24) is 5.43 Å². The molecule has 2 rings (SSSR count). The first-order valence-corrected chi connectivity index (χ1v) is 7.36. The van der Waals surface area contributed by atoms with Crippen LogP contribution in [0.4, 0.5) is 5.69 Å². The second-order valence-corrected chi connectivity index (χ2v) is 5.32. The third kappa shape index (κ3) is 4.76. The summed E-state index contributed by atoms with van der Waals surface area (Å²) < 4.78 is 0. The first-order valence-electron chi connectivity index (χ1n) is 6.98. The van der Waals surface area contributed by atoms with E-state index in [4.69, 9.17) is 11.6 Å². The number of hydrogen-bond acceptors (Lipinski definition) is 4. The molecule has 0 radical (unpaired) electrons. The Labute approximate surface area is 143 Å². The normalized spacial score (nSPS) is 11.1. The standard InChI is InChI=1S/C17H14ClN3O3/c1-12-4-9-15(16(18)11-12)17(22)20-19-10-2-3-13-5-7-14(8-6-13)21(23)24/h2-11H,1H3,(H,20,22)/b3-2+,19-10+. The Morgan fingerprint density at radius 1 is 1.25 bits per heavy atom. The van der Waals surface area contributed by atoms with E-state index in [1.54, 1.807) is 42.5 Å². The summed E-state index contributed by atoms with van der Waals surface area (Å²) >= 11 is 6.00. The number of non-ortho nitro benzene ring substituents is 1. The minimum atomic E-state index is -0.458. The molecule has 1 amide bonds. The predicted octanol–water partition coefficient (Wildman–Crippen LogP) is 3.99. The number of benzene rings is 2. The van der Waals surface area contributed by atoms with E-state index >= 15 is 0 Å². The molecule has 0 aliphatic carbocycles. The van der Waals surface area contributed by atoms with Crippen molar-refractivity contribution in [3.05, 3.63) is 80.4 Å². The molecule has 0 spiro atoms. The highest BCUT2D eigenvalue weighted by molar-refractivity contribution is 6.33. The molecule has 1 N–H and O–H groups in total. The van der Waals surface area contributed by atoms with Gasteiger partial charge in [-0.2, -0.15) is 5.10 Å². The van der Waals surface area contributed by atoms with Gasteiger partial charge in [0, 0.05) is 18.3 Å². The van der Waals surface area contributed by atoms with Crippen molar-refractivity contribution in [2.75, 3.05) is 0 Å². The highest BCUT2D eigenvalue weighted by atomic mass is 35.5. The predicted molar refractivity (Wildman–Crippen MR) is 94.3 cm³/mol. The van der Waals surface area contributed by atoms with Gasteiger partial charge in [-0.3, -0.25) is 14.9 Å². The number of amides is 1. The van der Waals surface area contributed by atoms with Gasteiger partial charge in [0.2, 0.25) is 0 Å². The Morgan fingerprint density at radius 3 is 2.58 bits per heavy atom. The third-order valence-electron chi connectivity index (χ3n) is 3.09. The van der Waals surface area contributed by atoms with Crippen LogP contribution in [0.25, 0.3) is 6.08 Å². The van der Waals surface area contributed by atoms with Gasteiger partial charge in [-0.05, 0) is 48.4 Å². The number of nitro benzene ring substituents is 1. The van der Waals surface area contributed by atoms with E-state index in [-0.39, 0.29) is 5.69 Å². The van der Waals surface area contributed by atoms with Crippen molar-refractivity contribution in [3.8, 4) is 0 Å². The number of nitrogens with zero attached hydrogens (tertiary/aromatic N) is 2. The van der Waals surface area contributed by atoms with Crippen molar-refractivity contribution in [3.63, 3.8) is 0 Å². The third-order valence-corrected chi connectivity index (χ3v) is 3.40. The van der Waals surface area contributed by atoms with E-state index in [9.17, 15) is 14.9 Å². The summed E-state index contributed by atoms with van der Waals surface area (Å²) in [6.45, 7) is 1.88. The zero-order valence-corrected chi connectivity index (χ0v) is 13.5. The smallest absolute Gasteiger partial charge is 0.267 e. The van der Waals surface area contributed by atoms with Crippen molar-refractivity contribution < 1.29 is 9.72 Å². The Balaban J connectivity index is 1.92. The topological polar surface area (TPSA) is 84.6 Å². The van der Waals surface area contributed by atoms with E-state index in [2.05, 4.69) is 10.5 Å². The molecule has 0 aliphatic rings. The zero-order valence-electron chi connectivity index (χ0n) is 12.8. The fourth-order valence-corrected chi connectivity index (χ4v) is 2.19. The average Bonchev–Trinajstić information content (AvgIpc) is 2.54. The number of aryl methyl sites for hydroxylation is 1. The van der Waals surface area contributed by atoms with Crippen LogP contribution in [0, 0.1) is 17.0 Å². The van der Waals surface area contributed by atoms with Crippen LogP contribution in [0.15, 0.2) is 53.6 Å². The second-order valence-electron chi connectivity index (χ2n) is 4.91. The quantitative estimate of drug-likeness (QED) is 0.506. The number of carbonyl (C=O) groups is 1. The minimum absolute atomic E-state index is 0.0306. The molecule has 0 heterocycles. The molecule has 0 aliphatic heterocycles. The molecular formula is C17H14ClN3O3. The van der Waals surface area contributed by atoms with Crippen molar-refractivity contribution in [2.45, 2.75) is 6.92 Å². The number of halogens is 1. The molecule has 0 saturated carbocycles. The van der Waals surface area contributed by atoms with Crippen molar-refractivity contribution in [1.29, 1.82) is 0 Å². The first-order chi connectivity index (χ1) is 11.5. The Kier molecular flexibility index (Phi) is 5.81. The molecule has 24 heavy (non-hydrogen) atoms. The van der Waals surface area contributed by atoms with Gasteiger partial charge in [0.1, 0.15) is 0 Å². The number of allylic oxidation sites excluding steroid dienone is 1. The van der Waals surface area contributed by atoms with E-state index < -0.39 is 10.8 Å². The van der Waals surface area contributed by atoms with Crippen LogP contribution in [0.5, 0.6) is 0 Å². The molecule has 2 aromatic rings. The van der Waals surface area contributed by atoms with Crippen LogP contribution in [0.1, 0.15) is 21.5 Å². The number of hydrogen-bond donors (Lipinski definition) is 1. The van der Waals surface area contributed by atoms with Gasteiger partial charge in [0.25, 0.3) is 11.6 Å². The fraction of sp³-hybridized carbons (Fsp3) is 0.0588. The first kappa shape index (κ1) is 17.4. The highest BCUT2D eigenvalue weighted by Gasteiger charge is 2.08. The van der Waals surface area contributed by atoms with Crippen LogP contribution >= 0.6 is 11.6 Å². The minimum Gasteiger partial charge on any atom is -0.267 e. The molecule has 7 heteroatoms. The fourth-order valence-electron chi connectivity index (χ4n) is 1.86. The molecule has 0 unspecified atom stereocenters. The van der Waals surface area contributed by atoms with Crippen LogP contribution in [0.2, 0.25) is 5.02 Å². The lowest BCUT2D eigenvalue weighted by atomic mass is 10.1. The molecule has 0 fully saturated rings. The van der Waals surface area contributed by atoms with E-state index in [1.807, 2.05) is 6.92 Å². The molecule has 0 saturated heterocycles. The largest absolute Gasteiger partial charge is 0.272 e. The monoisotopic (exact) mass is 343 g/mol. The number of rotatable bonds is 5. The Bertz CT molecular complexity index is 814. The van der Waals surface area contributed by atoms with Gasteiger partial charge in [-0.25, -0.2) is 5.43 Å². The Hall–Kier alpha value is -2.99. The maximum Gasteiger partial charge on any atom is 0.272 e. The molecular weight excluding hydrogens is 330 g/mol. The van der Waals surface area contributed by atoms with Crippen LogP contribution < -0.4 is 5.43 Å². The molecule has 0 atom stereocenters. The second kappa shape index (κ2) is 8.03. The summed E-state index contributed by atoms with van der Waals surface area (Å²) in [5.74, 6) is -0.403. The molecule has 2 aromatic carbocycles. The van der Waals surface area contributed by atoms with Crippen LogP contribution in [-0.4, -0.2) is 17.0 Å². The van der Waals surface area contributed by atoms with E-state index in [1.165, 1.54) is 18.3 Å². The van der Waals surface area contributed by atoms with Gasteiger partial charge < -0.3 is 0 Å². The summed E-state index contributed by atoms with van der Waals surface area (Å²) in [4.78, 5) is 22.0. The van der Waals surface area contributed by atoms with Gasteiger partial charge >= 0.3 is 0 Å². The van der Waals surface area contributed by atoms with Crippen LogP contribution in [0.3, 0.4) is 0 Å². The summed E-state index contributed by atoms with van der Waals surface area (Å²) in [5, 5.41) is 14.7. The lowest BCUT2D eigenvalue weighted by Crippen LogP contribution is -2.17. The maximum atomic E-state index is 11.9.